The summed E-state index contributed by atoms with van der Waals surface area (Å²) in [6.45, 7) is 5.06. The summed E-state index contributed by atoms with van der Waals surface area (Å²) in [5.41, 5.74) is 0.132. The van der Waals surface area contributed by atoms with Crippen molar-refractivity contribution in [1.82, 2.24) is 14.8 Å². The molecule has 2 heterocycles. The van der Waals surface area contributed by atoms with E-state index in [0.29, 0.717) is 0 Å². The van der Waals surface area contributed by atoms with Gasteiger partial charge in [-0.3, -0.25) is 4.79 Å². The highest BCUT2D eigenvalue weighted by atomic mass is 16.4. The smallest absolute Gasteiger partial charge is 0.352 e. The van der Waals surface area contributed by atoms with Crippen LogP contribution in [0.15, 0.2) is 18.3 Å². The summed E-state index contributed by atoms with van der Waals surface area (Å²) in [6.07, 6.45) is 4.06. The number of nitrogens with zero attached hydrogens (tertiary/aromatic N) is 2. The highest BCUT2D eigenvalue weighted by molar-refractivity contribution is 5.86. The number of rotatable bonds is 6. The van der Waals surface area contributed by atoms with Crippen LogP contribution in [-0.4, -0.2) is 52.1 Å². The van der Waals surface area contributed by atoms with E-state index in [1.807, 2.05) is 6.92 Å². The number of carboxylic acid groups (broad SMARTS) is 1. The van der Waals surface area contributed by atoms with E-state index in [1.54, 1.807) is 12.3 Å². The molecule has 6 heteroatoms. The van der Waals surface area contributed by atoms with Gasteiger partial charge in [-0.1, -0.05) is 0 Å². The first-order valence-corrected chi connectivity index (χ1v) is 6.96. The monoisotopic (exact) mass is 279 g/mol. The minimum absolute atomic E-state index is 0.0406. The second kappa shape index (κ2) is 6.56. The van der Waals surface area contributed by atoms with Crippen molar-refractivity contribution in [3.8, 4) is 0 Å². The number of carboxylic acids is 1. The largest absolute Gasteiger partial charge is 0.477 e. The van der Waals surface area contributed by atoms with Crippen LogP contribution >= 0.6 is 0 Å². The molecule has 0 spiro atoms. The Kier molecular flexibility index (Phi) is 4.79. The Labute approximate surface area is 118 Å². The fourth-order valence-electron chi connectivity index (χ4n) is 2.62. The lowest BCUT2D eigenvalue weighted by atomic mass is 10.3. The lowest BCUT2D eigenvalue weighted by Crippen LogP contribution is -2.42. The van der Waals surface area contributed by atoms with Gasteiger partial charge in [0.1, 0.15) is 12.2 Å². The van der Waals surface area contributed by atoms with Gasteiger partial charge in [0, 0.05) is 18.8 Å². The molecule has 0 saturated carbocycles. The third-order valence-electron chi connectivity index (χ3n) is 3.50. The predicted molar refractivity (Wildman–Crippen MR) is 74.7 cm³/mol. The Morgan fingerprint density at radius 3 is 2.75 bits per heavy atom. The third-order valence-corrected chi connectivity index (χ3v) is 3.50. The van der Waals surface area contributed by atoms with Crippen molar-refractivity contribution in [2.45, 2.75) is 32.4 Å². The van der Waals surface area contributed by atoms with Crippen LogP contribution < -0.4 is 5.32 Å². The average molecular weight is 279 g/mol. The molecular weight excluding hydrogens is 258 g/mol. The van der Waals surface area contributed by atoms with E-state index in [9.17, 15) is 9.59 Å². The zero-order chi connectivity index (χ0) is 14.5. The number of hydrogen-bond acceptors (Lipinski definition) is 3. The highest BCUT2D eigenvalue weighted by Gasteiger charge is 2.17. The summed E-state index contributed by atoms with van der Waals surface area (Å²) in [6, 6.07) is 3.19. The lowest BCUT2D eigenvalue weighted by Gasteiger charge is -2.21. The molecule has 2 N–H and O–H groups in total. The Morgan fingerprint density at radius 1 is 1.40 bits per heavy atom. The van der Waals surface area contributed by atoms with Gasteiger partial charge in [0.25, 0.3) is 0 Å². The molecule has 6 nitrogen and oxygen atoms in total. The number of amides is 1. The number of carbonyl (C=O) groups is 2. The number of aromatic nitrogens is 1. The van der Waals surface area contributed by atoms with Crippen molar-refractivity contribution in [2.75, 3.05) is 19.6 Å². The highest BCUT2D eigenvalue weighted by Crippen LogP contribution is 2.07. The maximum Gasteiger partial charge on any atom is 0.352 e. The minimum atomic E-state index is -1.02. The first-order chi connectivity index (χ1) is 9.56. The Bertz CT molecular complexity index is 478. The maximum absolute atomic E-state index is 11.9. The van der Waals surface area contributed by atoms with E-state index < -0.39 is 5.97 Å². The SMILES string of the molecule is CC(CN1CCCC1)NC(=O)Cn1cccc1C(=O)O. The van der Waals surface area contributed by atoms with Crippen LogP contribution in [-0.2, 0) is 11.3 Å². The molecular formula is C14H21N3O3. The fourth-order valence-corrected chi connectivity index (χ4v) is 2.62. The van der Waals surface area contributed by atoms with Crippen LogP contribution in [0.2, 0.25) is 0 Å². The molecule has 1 atom stereocenters. The Balaban J connectivity index is 1.82. The zero-order valence-corrected chi connectivity index (χ0v) is 11.7. The summed E-state index contributed by atoms with van der Waals surface area (Å²) in [5.74, 6) is -1.18. The van der Waals surface area contributed by atoms with E-state index in [-0.39, 0.29) is 24.2 Å². The Hall–Kier alpha value is -1.82. The second-order valence-electron chi connectivity index (χ2n) is 5.30. The van der Waals surface area contributed by atoms with Crippen molar-refractivity contribution in [2.24, 2.45) is 0 Å². The van der Waals surface area contributed by atoms with Gasteiger partial charge >= 0.3 is 5.97 Å². The standard InChI is InChI=1S/C14H21N3O3/c1-11(9-16-6-2-3-7-16)15-13(18)10-17-8-4-5-12(17)14(19)20/h4-5,8,11H,2-3,6-7,9-10H2,1H3,(H,15,18)(H,19,20). The number of nitrogens with one attached hydrogen (secondary N) is 1. The van der Waals surface area contributed by atoms with Crippen LogP contribution in [0.4, 0.5) is 0 Å². The predicted octanol–water partition coefficient (Wildman–Crippen LogP) is 0.787. The average Bonchev–Trinajstić information content (AvgIpc) is 2.99. The topological polar surface area (TPSA) is 74.6 Å². The summed E-state index contributed by atoms with van der Waals surface area (Å²) in [4.78, 5) is 25.2. The van der Waals surface area contributed by atoms with Crippen molar-refractivity contribution in [3.63, 3.8) is 0 Å². The van der Waals surface area contributed by atoms with Crippen molar-refractivity contribution < 1.29 is 14.7 Å². The van der Waals surface area contributed by atoms with Crippen molar-refractivity contribution >= 4 is 11.9 Å². The van der Waals surface area contributed by atoms with E-state index in [0.717, 1.165) is 19.6 Å². The minimum Gasteiger partial charge on any atom is -0.477 e. The summed E-state index contributed by atoms with van der Waals surface area (Å²) in [7, 11) is 0. The molecule has 0 bridgehead atoms. The van der Waals surface area contributed by atoms with E-state index >= 15 is 0 Å². The first-order valence-electron chi connectivity index (χ1n) is 6.96. The molecule has 1 fully saturated rings. The number of aromatic carboxylic acids is 1. The summed E-state index contributed by atoms with van der Waals surface area (Å²) >= 11 is 0. The molecule has 1 amide bonds. The third kappa shape index (κ3) is 3.84. The van der Waals surface area contributed by atoms with Crippen molar-refractivity contribution in [1.29, 1.82) is 0 Å². The number of likely N-dealkylation sites (tertiary alicyclic amines) is 1. The maximum atomic E-state index is 11.9. The molecule has 1 aliphatic heterocycles. The first kappa shape index (κ1) is 14.6. The van der Waals surface area contributed by atoms with E-state index in [2.05, 4.69) is 10.2 Å². The Morgan fingerprint density at radius 2 is 2.10 bits per heavy atom. The van der Waals surface area contributed by atoms with Gasteiger partial charge in [-0.15, -0.1) is 0 Å². The van der Waals surface area contributed by atoms with Gasteiger partial charge in [-0.05, 0) is 45.0 Å². The van der Waals surface area contributed by atoms with E-state index in [1.165, 1.54) is 23.5 Å². The van der Waals surface area contributed by atoms with Crippen LogP contribution in [0, 0.1) is 0 Å². The summed E-state index contributed by atoms with van der Waals surface area (Å²) < 4.78 is 1.44. The van der Waals surface area contributed by atoms with Crippen LogP contribution in [0.25, 0.3) is 0 Å². The van der Waals surface area contributed by atoms with Crippen molar-refractivity contribution in [3.05, 3.63) is 24.0 Å². The lowest BCUT2D eigenvalue weighted by molar-refractivity contribution is -0.122. The quantitative estimate of drug-likeness (QED) is 0.807. The molecule has 2 rings (SSSR count). The van der Waals surface area contributed by atoms with Gasteiger partial charge in [0.15, 0.2) is 0 Å². The molecule has 1 aromatic rings. The molecule has 110 valence electrons. The second-order valence-corrected chi connectivity index (χ2v) is 5.30. The van der Waals surface area contributed by atoms with Gasteiger partial charge in [-0.25, -0.2) is 4.79 Å². The van der Waals surface area contributed by atoms with E-state index in [4.69, 9.17) is 5.11 Å². The van der Waals surface area contributed by atoms with Gasteiger partial charge in [-0.2, -0.15) is 0 Å². The normalized spacial score (nSPS) is 17.1. The molecule has 1 unspecified atom stereocenters. The fraction of sp³-hybridized carbons (Fsp3) is 0.571. The number of hydrogen-bond donors (Lipinski definition) is 2. The molecule has 0 radical (unpaired) electrons. The van der Waals surface area contributed by atoms with Crippen LogP contribution in [0.5, 0.6) is 0 Å². The molecule has 1 saturated heterocycles. The van der Waals surface area contributed by atoms with Crippen LogP contribution in [0.3, 0.4) is 0 Å². The zero-order valence-electron chi connectivity index (χ0n) is 11.7. The molecule has 20 heavy (non-hydrogen) atoms. The summed E-state index contributed by atoms with van der Waals surface area (Å²) in [5, 5.41) is 11.9. The molecule has 1 aliphatic rings. The van der Waals surface area contributed by atoms with Gasteiger partial charge < -0.3 is 19.9 Å². The molecule has 1 aromatic heterocycles. The molecule has 0 aliphatic carbocycles. The van der Waals surface area contributed by atoms with Gasteiger partial charge in [0.2, 0.25) is 5.91 Å². The van der Waals surface area contributed by atoms with Crippen LogP contribution in [0.1, 0.15) is 30.3 Å². The number of carbonyl (C=O) groups excluding carboxylic acids is 1. The molecule has 0 aromatic carbocycles. The van der Waals surface area contributed by atoms with Gasteiger partial charge in [0.05, 0.1) is 0 Å².